The average molecular weight is 305 g/mol. The van der Waals surface area contributed by atoms with E-state index in [4.69, 9.17) is 4.74 Å². The van der Waals surface area contributed by atoms with E-state index in [0.717, 1.165) is 24.3 Å². The van der Waals surface area contributed by atoms with Crippen LogP contribution in [-0.4, -0.2) is 33.1 Å². The Morgan fingerprint density at radius 3 is 2.62 bits per heavy atom. The van der Waals surface area contributed by atoms with Crippen molar-refractivity contribution in [3.05, 3.63) is 24.5 Å². The Balaban J connectivity index is 2.17. The lowest BCUT2D eigenvalue weighted by Crippen LogP contribution is -2.08. The molecule has 0 saturated carbocycles. The zero-order chi connectivity index (χ0) is 14.9. The van der Waals surface area contributed by atoms with Gasteiger partial charge in [-0.05, 0) is 36.7 Å². The molecule has 0 fully saturated rings. The molecule has 112 valence electrons. The molecule has 7 heteroatoms. The molecule has 2 aromatic heterocycles. The molecule has 0 saturated heterocycles. The number of ether oxygens (including phenoxy) is 1. The second kappa shape index (κ2) is 8.41. The fourth-order valence-electron chi connectivity index (χ4n) is 1.47. The van der Waals surface area contributed by atoms with E-state index in [1.54, 1.807) is 12.4 Å². The topological polar surface area (TPSA) is 72.8 Å². The first-order chi connectivity index (χ1) is 10.3. The van der Waals surface area contributed by atoms with Crippen molar-refractivity contribution in [2.45, 2.75) is 36.7 Å². The minimum Gasteiger partial charge on any atom is -0.463 e. The predicted octanol–water partition coefficient (Wildman–Crippen LogP) is 3.03. The Morgan fingerprint density at radius 1 is 1.10 bits per heavy atom. The highest BCUT2D eigenvalue weighted by atomic mass is 32.2. The van der Waals surface area contributed by atoms with Crippen LogP contribution in [0.4, 0.5) is 5.95 Å². The standard InChI is InChI=1S/C14H19N5OS/c1-3-7-16-12-17-13(20-10-4-2)19-14(18-12)21-11-5-8-15-9-6-11/h5-6,8-9H,3-4,7,10H2,1-2H3,(H,16,17,18,19). The molecule has 0 atom stereocenters. The van der Waals surface area contributed by atoms with E-state index in [1.807, 2.05) is 19.1 Å². The van der Waals surface area contributed by atoms with Crippen LogP contribution in [0.1, 0.15) is 26.7 Å². The van der Waals surface area contributed by atoms with Gasteiger partial charge in [0, 0.05) is 23.8 Å². The molecular weight excluding hydrogens is 286 g/mol. The summed E-state index contributed by atoms with van der Waals surface area (Å²) in [6, 6.07) is 4.20. The molecule has 0 aromatic carbocycles. The number of hydrogen-bond acceptors (Lipinski definition) is 7. The van der Waals surface area contributed by atoms with Crippen LogP contribution in [0.25, 0.3) is 0 Å². The predicted molar refractivity (Wildman–Crippen MR) is 82.8 cm³/mol. The lowest BCUT2D eigenvalue weighted by Gasteiger charge is -2.08. The van der Waals surface area contributed by atoms with Gasteiger partial charge in [-0.15, -0.1) is 0 Å². The van der Waals surface area contributed by atoms with E-state index in [9.17, 15) is 0 Å². The van der Waals surface area contributed by atoms with Crippen LogP contribution >= 0.6 is 11.8 Å². The maximum absolute atomic E-state index is 5.53. The van der Waals surface area contributed by atoms with Crippen LogP contribution in [0.15, 0.2) is 34.6 Å². The van der Waals surface area contributed by atoms with Crippen molar-refractivity contribution >= 4 is 17.7 Å². The summed E-state index contributed by atoms with van der Waals surface area (Å²) in [5, 5.41) is 3.78. The third-order valence-electron chi connectivity index (χ3n) is 2.42. The molecule has 21 heavy (non-hydrogen) atoms. The number of rotatable bonds is 8. The number of anilines is 1. The van der Waals surface area contributed by atoms with Gasteiger partial charge in [0.05, 0.1) is 6.61 Å². The molecule has 2 heterocycles. The summed E-state index contributed by atoms with van der Waals surface area (Å²) < 4.78 is 5.53. The summed E-state index contributed by atoms with van der Waals surface area (Å²) in [7, 11) is 0. The SMILES string of the molecule is CCCNc1nc(OCCC)nc(Sc2ccncc2)n1. The normalized spacial score (nSPS) is 10.4. The summed E-state index contributed by atoms with van der Waals surface area (Å²) in [6.45, 7) is 5.55. The van der Waals surface area contributed by atoms with Crippen molar-refractivity contribution < 1.29 is 4.74 Å². The van der Waals surface area contributed by atoms with Crippen molar-refractivity contribution in [2.75, 3.05) is 18.5 Å². The molecule has 1 N–H and O–H groups in total. The number of nitrogens with one attached hydrogen (secondary N) is 1. The number of hydrogen-bond donors (Lipinski definition) is 1. The maximum atomic E-state index is 5.53. The summed E-state index contributed by atoms with van der Waals surface area (Å²) >= 11 is 1.46. The molecule has 0 aliphatic rings. The van der Waals surface area contributed by atoms with Gasteiger partial charge in [0.1, 0.15) is 0 Å². The molecule has 0 amide bonds. The van der Waals surface area contributed by atoms with Gasteiger partial charge >= 0.3 is 6.01 Å². The van der Waals surface area contributed by atoms with E-state index in [1.165, 1.54) is 11.8 Å². The minimum absolute atomic E-state index is 0.363. The molecule has 0 unspecified atom stereocenters. The van der Waals surface area contributed by atoms with Crippen molar-refractivity contribution in [1.29, 1.82) is 0 Å². The molecule has 0 bridgehead atoms. The lowest BCUT2D eigenvalue weighted by molar-refractivity contribution is 0.288. The molecule has 0 aliphatic heterocycles. The van der Waals surface area contributed by atoms with Crippen LogP contribution in [0, 0.1) is 0 Å². The largest absolute Gasteiger partial charge is 0.463 e. The van der Waals surface area contributed by atoms with E-state index in [2.05, 4.69) is 32.2 Å². The van der Waals surface area contributed by atoms with Gasteiger partial charge in [-0.25, -0.2) is 0 Å². The van der Waals surface area contributed by atoms with Gasteiger partial charge in [0.2, 0.25) is 11.1 Å². The van der Waals surface area contributed by atoms with Gasteiger partial charge in [-0.2, -0.15) is 15.0 Å². The van der Waals surface area contributed by atoms with E-state index >= 15 is 0 Å². The highest BCUT2D eigenvalue weighted by Gasteiger charge is 2.08. The fraction of sp³-hybridized carbons (Fsp3) is 0.429. The Bertz CT molecular complexity index is 526. The zero-order valence-corrected chi connectivity index (χ0v) is 13.1. The quantitative estimate of drug-likeness (QED) is 0.803. The van der Waals surface area contributed by atoms with Crippen molar-refractivity contribution in [3.8, 4) is 6.01 Å². The van der Waals surface area contributed by atoms with Gasteiger partial charge < -0.3 is 10.1 Å². The third-order valence-corrected chi connectivity index (χ3v) is 3.29. The Kier molecular flexibility index (Phi) is 6.21. The molecular formula is C14H19N5OS. The first-order valence-electron chi connectivity index (χ1n) is 7.02. The zero-order valence-electron chi connectivity index (χ0n) is 12.2. The highest BCUT2D eigenvalue weighted by molar-refractivity contribution is 7.99. The highest BCUT2D eigenvalue weighted by Crippen LogP contribution is 2.25. The molecule has 6 nitrogen and oxygen atoms in total. The maximum Gasteiger partial charge on any atom is 0.322 e. The van der Waals surface area contributed by atoms with Crippen LogP contribution < -0.4 is 10.1 Å². The van der Waals surface area contributed by atoms with Crippen LogP contribution in [0.5, 0.6) is 6.01 Å². The fourth-order valence-corrected chi connectivity index (χ4v) is 2.19. The average Bonchev–Trinajstić information content (AvgIpc) is 2.52. The Hall–Kier alpha value is -1.89. The van der Waals surface area contributed by atoms with Crippen molar-refractivity contribution in [3.63, 3.8) is 0 Å². The lowest BCUT2D eigenvalue weighted by atomic mass is 10.5. The first-order valence-corrected chi connectivity index (χ1v) is 7.84. The Morgan fingerprint density at radius 2 is 1.90 bits per heavy atom. The van der Waals surface area contributed by atoms with Crippen LogP contribution in [0.3, 0.4) is 0 Å². The number of aromatic nitrogens is 4. The minimum atomic E-state index is 0.363. The Labute approximate surface area is 128 Å². The summed E-state index contributed by atoms with van der Waals surface area (Å²) in [6.07, 6.45) is 5.41. The molecule has 2 rings (SSSR count). The van der Waals surface area contributed by atoms with E-state index in [0.29, 0.717) is 23.7 Å². The molecule has 0 aliphatic carbocycles. The molecule has 2 aromatic rings. The van der Waals surface area contributed by atoms with E-state index in [-0.39, 0.29) is 0 Å². The van der Waals surface area contributed by atoms with Gasteiger partial charge in [0.25, 0.3) is 0 Å². The number of pyridine rings is 1. The van der Waals surface area contributed by atoms with Crippen molar-refractivity contribution in [1.82, 2.24) is 19.9 Å². The van der Waals surface area contributed by atoms with Gasteiger partial charge in [0.15, 0.2) is 0 Å². The van der Waals surface area contributed by atoms with Crippen LogP contribution in [-0.2, 0) is 0 Å². The van der Waals surface area contributed by atoms with Gasteiger partial charge in [-0.3, -0.25) is 4.98 Å². The third kappa shape index (κ3) is 5.18. The summed E-state index contributed by atoms with van der Waals surface area (Å²) in [4.78, 5) is 18.0. The van der Waals surface area contributed by atoms with E-state index < -0.39 is 0 Å². The second-order valence-electron chi connectivity index (χ2n) is 4.28. The molecule has 0 spiro atoms. The summed E-state index contributed by atoms with van der Waals surface area (Å²) in [5.41, 5.74) is 0. The smallest absolute Gasteiger partial charge is 0.322 e. The van der Waals surface area contributed by atoms with Crippen molar-refractivity contribution in [2.24, 2.45) is 0 Å². The first kappa shape index (κ1) is 15.5. The second-order valence-corrected chi connectivity index (χ2v) is 5.33. The summed E-state index contributed by atoms with van der Waals surface area (Å²) in [5.74, 6) is 0.550. The molecule has 0 radical (unpaired) electrons. The number of nitrogens with zero attached hydrogens (tertiary/aromatic N) is 4. The van der Waals surface area contributed by atoms with Gasteiger partial charge in [-0.1, -0.05) is 13.8 Å². The van der Waals surface area contributed by atoms with Crippen LogP contribution in [0.2, 0.25) is 0 Å². The monoisotopic (exact) mass is 305 g/mol.